The van der Waals surface area contributed by atoms with Crippen LogP contribution in [-0.4, -0.2) is 30.5 Å². The summed E-state index contributed by atoms with van der Waals surface area (Å²) in [5, 5.41) is 12.5. The van der Waals surface area contributed by atoms with Crippen LogP contribution in [0.5, 0.6) is 11.5 Å². The van der Waals surface area contributed by atoms with Crippen molar-refractivity contribution >= 4 is 11.6 Å². The second kappa shape index (κ2) is 13.8. The molecule has 1 aromatic heterocycles. The van der Waals surface area contributed by atoms with E-state index in [0.29, 0.717) is 56.1 Å². The highest BCUT2D eigenvalue weighted by molar-refractivity contribution is 5.96. The van der Waals surface area contributed by atoms with Crippen LogP contribution in [0.1, 0.15) is 42.6 Å². The molecule has 0 bridgehead atoms. The Bertz CT molecular complexity index is 1440. The molecule has 0 saturated heterocycles. The van der Waals surface area contributed by atoms with Crippen molar-refractivity contribution < 1.29 is 14.3 Å². The van der Waals surface area contributed by atoms with Crippen LogP contribution in [0.4, 0.5) is 5.82 Å². The molecule has 0 fully saturated rings. The Kier molecular flexibility index (Phi) is 9.68. The zero-order valence-electron chi connectivity index (χ0n) is 22.4. The molecule has 39 heavy (non-hydrogen) atoms. The van der Waals surface area contributed by atoms with Crippen LogP contribution in [0.3, 0.4) is 0 Å². The monoisotopic (exact) mass is 519 g/mol. The summed E-state index contributed by atoms with van der Waals surface area (Å²) in [7, 11) is 0. The predicted octanol–water partition coefficient (Wildman–Crippen LogP) is 7.35. The van der Waals surface area contributed by atoms with Crippen LogP contribution in [0, 0.1) is 11.3 Å². The number of carbonyl (C=O) groups is 1. The molecule has 0 aliphatic heterocycles. The highest BCUT2D eigenvalue weighted by Crippen LogP contribution is 2.30. The summed E-state index contributed by atoms with van der Waals surface area (Å²) in [5.74, 6) is 2.04. The number of nitriles is 1. The van der Waals surface area contributed by atoms with E-state index in [1.54, 1.807) is 18.2 Å². The molecule has 1 N–H and O–H groups in total. The van der Waals surface area contributed by atoms with Gasteiger partial charge in [0.25, 0.3) is 0 Å². The van der Waals surface area contributed by atoms with Crippen LogP contribution >= 0.6 is 0 Å². The molecule has 198 valence electrons. The molecule has 6 nitrogen and oxygen atoms in total. The average molecular weight is 520 g/mol. The second-order valence-corrected chi connectivity index (χ2v) is 9.01. The summed E-state index contributed by atoms with van der Waals surface area (Å²) in [6.07, 6.45) is 1.41. The number of benzene rings is 3. The molecule has 0 aliphatic carbocycles. The summed E-state index contributed by atoms with van der Waals surface area (Å²) in [6.45, 7) is 5.46. The standard InChI is InChI=1S/C33H33N3O3/c1-3-38-31-16-15-27(22-32(31)39-4-2)30(37)14-9-19-35-33-23-28(26-13-8-10-24(20-26)17-18-34)21-29(36-33)25-11-6-5-7-12-25/h5-8,10-13,15-16,20-23H,3-4,9,14,17,19H2,1-2H3,(H,35,36). The van der Waals surface area contributed by atoms with Gasteiger partial charge in [-0.05, 0) is 67.3 Å². The highest BCUT2D eigenvalue weighted by atomic mass is 16.5. The Labute approximate surface area is 230 Å². The molecule has 0 amide bonds. The van der Waals surface area contributed by atoms with Crippen molar-refractivity contribution in [3.8, 4) is 40.0 Å². The minimum Gasteiger partial charge on any atom is -0.490 e. The lowest BCUT2D eigenvalue weighted by molar-refractivity contribution is 0.0980. The number of hydrogen-bond acceptors (Lipinski definition) is 6. The lowest BCUT2D eigenvalue weighted by Crippen LogP contribution is -2.08. The fourth-order valence-electron chi connectivity index (χ4n) is 4.33. The first kappa shape index (κ1) is 27.4. The van der Waals surface area contributed by atoms with E-state index in [1.165, 1.54) is 0 Å². The average Bonchev–Trinajstić information content (AvgIpc) is 2.97. The second-order valence-electron chi connectivity index (χ2n) is 9.01. The fourth-order valence-corrected chi connectivity index (χ4v) is 4.33. The predicted molar refractivity (Wildman–Crippen MR) is 155 cm³/mol. The summed E-state index contributed by atoms with van der Waals surface area (Å²) >= 11 is 0. The van der Waals surface area contributed by atoms with Crippen LogP contribution in [0.2, 0.25) is 0 Å². The van der Waals surface area contributed by atoms with Gasteiger partial charge in [-0.3, -0.25) is 4.79 Å². The van der Waals surface area contributed by atoms with Gasteiger partial charge in [-0.2, -0.15) is 5.26 Å². The van der Waals surface area contributed by atoms with Crippen LogP contribution in [-0.2, 0) is 6.42 Å². The van der Waals surface area contributed by atoms with Gasteiger partial charge in [-0.25, -0.2) is 4.98 Å². The maximum atomic E-state index is 12.9. The minimum atomic E-state index is 0.0572. The molecule has 0 radical (unpaired) electrons. The third-order valence-corrected chi connectivity index (χ3v) is 6.19. The topological polar surface area (TPSA) is 84.2 Å². The maximum Gasteiger partial charge on any atom is 0.163 e. The van der Waals surface area contributed by atoms with E-state index in [9.17, 15) is 4.79 Å². The first-order valence-electron chi connectivity index (χ1n) is 13.3. The van der Waals surface area contributed by atoms with E-state index in [2.05, 4.69) is 17.5 Å². The van der Waals surface area contributed by atoms with Crippen molar-refractivity contribution in [3.63, 3.8) is 0 Å². The number of rotatable bonds is 13. The van der Waals surface area contributed by atoms with Crippen LogP contribution in [0.15, 0.2) is 84.9 Å². The summed E-state index contributed by atoms with van der Waals surface area (Å²) < 4.78 is 11.3. The van der Waals surface area contributed by atoms with Gasteiger partial charge in [0.15, 0.2) is 17.3 Å². The van der Waals surface area contributed by atoms with Crippen molar-refractivity contribution in [2.45, 2.75) is 33.1 Å². The Morgan fingerprint density at radius 1 is 0.846 bits per heavy atom. The number of anilines is 1. The van der Waals surface area contributed by atoms with Gasteiger partial charge >= 0.3 is 0 Å². The van der Waals surface area contributed by atoms with E-state index in [0.717, 1.165) is 33.8 Å². The Balaban J connectivity index is 1.47. The lowest BCUT2D eigenvalue weighted by atomic mass is 10.0. The van der Waals surface area contributed by atoms with Gasteiger partial charge in [0.05, 0.1) is 31.4 Å². The SMILES string of the molecule is CCOc1ccc(C(=O)CCCNc2cc(-c3cccc(CC#N)c3)cc(-c3ccccc3)n2)cc1OCC. The number of ketones is 1. The van der Waals surface area contributed by atoms with Crippen molar-refractivity contribution in [1.29, 1.82) is 5.26 Å². The quantitative estimate of drug-likeness (QED) is 0.147. The summed E-state index contributed by atoms with van der Waals surface area (Å²) in [6, 6.07) is 29.7. The van der Waals surface area contributed by atoms with Crippen molar-refractivity contribution in [2.75, 3.05) is 25.1 Å². The molecule has 0 aliphatic rings. The molecule has 4 rings (SSSR count). The van der Waals surface area contributed by atoms with Crippen molar-refractivity contribution in [2.24, 2.45) is 0 Å². The first-order chi connectivity index (χ1) is 19.1. The minimum absolute atomic E-state index is 0.0572. The summed E-state index contributed by atoms with van der Waals surface area (Å²) in [5.41, 5.74) is 5.51. The van der Waals surface area contributed by atoms with Gasteiger partial charge in [-0.1, -0.05) is 54.6 Å². The Morgan fingerprint density at radius 3 is 2.38 bits per heavy atom. The number of ether oxygens (including phenoxy) is 2. The van der Waals surface area contributed by atoms with Crippen molar-refractivity contribution in [3.05, 3.63) is 96.1 Å². The van der Waals surface area contributed by atoms with Gasteiger partial charge in [0.2, 0.25) is 0 Å². The smallest absolute Gasteiger partial charge is 0.163 e. The normalized spacial score (nSPS) is 10.5. The zero-order valence-corrected chi connectivity index (χ0v) is 22.4. The van der Waals surface area contributed by atoms with E-state index in [4.69, 9.17) is 19.7 Å². The molecule has 6 heteroatoms. The number of nitrogens with one attached hydrogen (secondary N) is 1. The number of aromatic nitrogens is 1. The zero-order chi connectivity index (χ0) is 27.5. The van der Waals surface area contributed by atoms with Gasteiger partial charge in [0.1, 0.15) is 5.82 Å². The Morgan fingerprint density at radius 2 is 1.62 bits per heavy atom. The van der Waals surface area contributed by atoms with Gasteiger partial charge in [0, 0.05) is 24.1 Å². The van der Waals surface area contributed by atoms with Crippen molar-refractivity contribution in [1.82, 2.24) is 4.98 Å². The fraction of sp³-hybridized carbons (Fsp3) is 0.242. The Hall–Kier alpha value is -4.63. The van der Waals surface area contributed by atoms with Crippen LogP contribution < -0.4 is 14.8 Å². The third kappa shape index (κ3) is 7.45. The lowest BCUT2D eigenvalue weighted by Gasteiger charge is -2.13. The third-order valence-electron chi connectivity index (χ3n) is 6.19. The summed E-state index contributed by atoms with van der Waals surface area (Å²) in [4.78, 5) is 17.7. The van der Waals surface area contributed by atoms with E-state index in [-0.39, 0.29) is 5.78 Å². The molecule has 0 saturated carbocycles. The molecular weight excluding hydrogens is 486 g/mol. The molecule has 1 heterocycles. The largest absolute Gasteiger partial charge is 0.490 e. The number of Topliss-reactive ketones (excluding diaryl/α,β-unsaturated/α-hetero) is 1. The first-order valence-corrected chi connectivity index (χ1v) is 13.3. The van der Waals surface area contributed by atoms with Gasteiger partial charge in [-0.15, -0.1) is 0 Å². The van der Waals surface area contributed by atoms with E-state index >= 15 is 0 Å². The number of hydrogen-bond donors (Lipinski definition) is 1. The molecule has 3 aromatic carbocycles. The molecule has 0 unspecified atom stereocenters. The maximum absolute atomic E-state index is 12.9. The number of carbonyl (C=O) groups excluding carboxylic acids is 1. The highest BCUT2D eigenvalue weighted by Gasteiger charge is 2.12. The van der Waals surface area contributed by atoms with Gasteiger partial charge < -0.3 is 14.8 Å². The number of pyridine rings is 1. The van der Waals surface area contributed by atoms with E-state index in [1.807, 2.05) is 74.5 Å². The van der Waals surface area contributed by atoms with Crippen LogP contribution in [0.25, 0.3) is 22.4 Å². The molecule has 4 aromatic rings. The number of nitrogens with zero attached hydrogens (tertiary/aromatic N) is 2. The van der Waals surface area contributed by atoms with E-state index < -0.39 is 0 Å². The molecule has 0 atom stereocenters. The molecular formula is C33H33N3O3. The molecule has 0 spiro atoms.